The largest absolute Gasteiger partial charge is 0.276 e. The van der Waals surface area contributed by atoms with Crippen LogP contribution in [0.3, 0.4) is 0 Å². The predicted molar refractivity (Wildman–Crippen MR) is 64.8 cm³/mol. The van der Waals surface area contributed by atoms with Crippen LogP contribution in [0.2, 0.25) is 0 Å². The van der Waals surface area contributed by atoms with Crippen molar-refractivity contribution in [2.45, 2.75) is 0 Å². The van der Waals surface area contributed by atoms with Gasteiger partial charge in [-0.1, -0.05) is 0 Å². The minimum Gasteiger partial charge on any atom is -0.276 e. The van der Waals surface area contributed by atoms with Crippen LogP contribution < -0.4 is 0 Å². The maximum atomic E-state index is 13.1. The minimum atomic E-state index is -0.321. The van der Waals surface area contributed by atoms with E-state index in [2.05, 4.69) is 36.1 Å². The van der Waals surface area contributed by atoms with Crippen molar-refractivity contribution in [1.82, 2.24) is 20.2 Å². The van der Waals surface area contributed by atoms with Gasteiger partial charge in [-0.05, 0) is 34.1 Å². The Morgan fingerprint density at radius 3 is 2.82 bits per heavy atom. The first kappa shape index (κ1) is 10.3. The lowest BCUT2D eigenvalue weighted by Gasteiger charge is -2.04. The van der Waals surface area contributed by atoms with Crippen LogP contribution in [0, 0.1) is 5.82 Å². The maximum absolute atomic E-state index is 13.1. The van der Waals surface area contributed by atoms with Gasteiger partial charge < -0.3 is 0 Å². The fourth-order valence-electron chi connectivity index (χ4n) is 1.67. The highest BCUT2D eigenvalue weighted by Gasteiger charge is 2.10. The first-order valence-electron chi connectivity index (χ1n) is 4.86. The van der Waals surface area contributed by atoms with Gasteiger partial charge in [-0.2, -0.15) is 5.10 Å². The lowest BCUT2D eigenvalue weighted by molar-refractivity contribution is 0.629. The Bertz CT molecular complexity index is 676. The second kappa shape index (κ2) is 3.89. The molecule has 0 radical (unpaired) electrons. The van der Waals surface area contributed by atoms with E-state index in [1.807, 2.05) is 0 Å². The van der Waals surface area contributed by atoms with Gasteiger partial charge in [-0.15, -0.1) is 0 Å². The molecule has 4 nitrogen and oxygen atoms in total. The van der Waals surface area contributed by atoms with Gasteiger partial charge in [-0.3, -0.25) is 5.10 Å². The number of halogens is 2. The molecule has 3 rings (SSSR count). The lowest BCUT2D eigenvalue weighted by atomic mass is 10.1. The molecule has 0 bridgehead atoms. The average molecular weight is 293 g/mol. The summed E-state index contributed by atoms with van der Waals surface area (Å²) in [5.41, 5.74) is 2.01. The smallest absolute Gasteiger partial charge is 0.197 e. The summed E-state index contributed by atoms with van der Waals surface area (Å²) in [4.78, 5) is 8.42. The first-order chi connectivity index (χ1) is 8.24. The molecule has 2 heterocycles. The summed E-state index contributed by atoms with van der Waals surface area (Å²) in [6.07, 6.45) is 1.64. The minimum absolute atomic E-state index is 0.321. The summed E-state index contributed by atoms with van der Waals surface area (Å²) in [6.45, 7) is 0. The van der Waals surface area contributed by atoms with Gasteiger partial charge in [-0.25, -0.2) is 14.4 Å². The number of hydrogen-bond acceptors (Lipinski definition) is 3. The molecule has 0 unspecified atom stereocenters. The fraction of sp³-hybridized carbons (Fsp3) is 0. The number of rotatable bonds is 1. The molecule has 84 valence electrons. The van der Waals surface area contributed by atoms with E-state index in [1.54, 1.807) is 18.3 Å². The molecule has 0 aliphatic heterocycles. The molecule has 17 heavy (non-hydrogen) atoms. The number of nitrogens with one attached hydrogen (secondary N) is 1. The average Bonchev–Trinajstić information content (AvgIpc) is 2.80. The second-order valence-corrected chi connectivity index (χ2v) is 4.18. The van der Waals surface area contributed by atoms with Gasteiger partial charge in [0.25, 0.3) is 0 Å². The van der Waals surface area contributed by atoms with Gasteiger partial charge in [0.1, 0.15) is 11.5 Å². The Labute approximate surface area is 104 Å². The molecule has 0 fully saturated rings. The number of benzene rings is 1. The highest BCUT2D eigenvalue weighted by Crippen LogP contribution is 2.26. The second-order valence-electron chi connectivity index (χ2n) is 3.47. The number of fused-ring (bicyclic) bond motifs is 1. The molecule has 0 amide bonds. The Morgan fingerprint density at radius 1 is 1.18 bits per heavy atom. The molecule has 6 heteroatoms. The highest BCUT2D eigenvalue weighted by atomic mass is 79.9. The Hall–Kier alpha value is -1.82. The summed E-state index contributed by atoms with van der Waals surface area (Å²) >= 11 is 3.21. The van der Waals surface area contributed by atoms with Crippen molar-refractivity contribution in [2.75, 3.05) is 0 Å². The fourth-order valence-corrected chi connectivity index (χ4v) is 2.04. The van der Waals surface area contributed by atoms with E-state index in [1.165, 1.54) is 12.1 Å². The number of aromatic amines is 1. The molecule has 1 aromatic carbocycles. The lowest BCUT2D eigenvalue weighted by Crippen LogP contribution is -1.92. The van der Waals surface area contributed by atoms with Gasteiger partial charge >= 0.3 is 0 Å². The third kappa shape index (κ3) is 1.80. The van der Waals surface area contributed by atoms with E-state index in [0.29, 0.717) is 15.9 Å². The SMILES string of the molecule is Fc1ccc2c(-c3ccn[nH]3)nc(Br)nc2c1. The summed E-state index contributed by atoms with van der Waals surface area (Å²) < 4.78 is 13.6. The van der Waals surface area contributed by atoms with E-state index in [9.17, 15) is 4.39 Å². The van der Waals surface area contributed by atoms with E-state index in [-0.39, 0.29) is 5.82 Å². The third-order valence-corrected chi connectivity index (χ3v) is 2.74. The highest BCUT2D eigenvalue weighted by molar-refractivity contribution is 9.10. The zero-order chi connectivity index (χ0) is 11.8. The van der Waals surface area contributed by atoms with Crippen molar-refractivity contribution in [1.29, 1.82) is 0 Å². The molecule has 0 atom stereocenters. The van der Waals surface area contributed by atoms with E-state index in [4.69, 9.17) is 0 Å². The number of H-pyrrole nitrogens is 1. The van der Waals surface area contributed by atoms with Gasteiger partial charge in [0, 0.05) is 17.6 Å². The standard InChI is InChI=1S/C11H6BrFN4/c12-11-15-9-5-6(13)1-2-7(9)10(16-11)8-3-4-14-17-8/h1-5H,(H,14,17). The number of aromatic nitrogens is 4. The molecule has 0 saturated carbocycles. The summed E-state index contributed by atoms with van der Waals surface area (Å²) in [5, 5.41) is 7.49. The Morgan fingerprint density at radius 2 is 2.06 bits per heavy atom. The summed E-state index contributed by atoms with van der Waals surface area (Å²) in [6, 6.07) is 6.23. The van der Waals surface area contributed by atoms with E-state index >= 15 is 0 Å². The van der Waals surface area contributed by atoms with Crippen LogP contribution in [0.1, 0.15) is 0 Å². The van der Waals surface area contributed by atoms with E-state index < -0.39 is 0 Å². The normalized spacial score (nSPS) is 10.9. The van der Waals surface area contributed by atoms with Crippen molar-refractivity contribution in [3.8, 4) is 11.4 Å². The Kier molecular flexibility index (Phi) is 2.36. The van der Waals surface area contributed by atoms with Crippen LogP contribution in [0.15, 0.2) is 35.2 Å². The maximum Gasteiger partial charge on any atom is 0.197 e. The molecule has 3 aromatic rings. The third-order valence-electron chi connectivity index (χ3n) is 2.39. The van der Waals surface area contributed by atoms with Crippen molar-refractivity contribution >= 4 is 26.8 Å². The van der Waals surface area contributed by atoms with Crippen LogP contribution in [0.25, 0.3) is 22.3 Å². The van der Waals surface area contributed by atoms with Crippen LogP contribution in [-0.4, -0.2) is 20.2 Å². The topological polar surface area (TPSA) is 54.5 Å². The van der Waals surface area contributed by atoms with Gasteiger partial charge in [0.05, 0.1) is 11.2 Å². The van der Waals surface area contributed by atoms with Crippen LogP contribution in [-0.2, 0) is 0 Å². The zero-order valence-corrected chi connectivity index (χ0v) is 10.1. The summed E-state index contributed by atoms with van der Waals surface area (Å²) in [7, 11) is 0. The van der Waals surface area contributed by atoms with Gasteiger partial charge in [0.15, 0.2) is 4.73 Å². The van der Waals surface area contributed by atoms with Crippen molar-refractivity contribution in [3.05, 3.63) is 41.0 Å². The molecule has 0 aliphatic rings. The zero-order valence-electron chi connectivity index (χ0n) is 8.48. The first-order valence-corrected chi connectivity index (χ1v) is 5.66. The molecular formula is C11H6BrFN4. The van der Waals surface area contributed by atoms with Crippen LogP contribution in [0.5, 0.6) is 0 Å². The summed E-state index contributed by atoms with van der Waals surface area (Å²) in [5.74, 6) is -0.321. The quantitative estimate of drug-likeness (QED) is 0.702. The molecule has 0 spiro atoms. The monoisotopic (exact) mass is 292 g/mol. The molecule has 2 aromatic heterocycles. The molecular weight excluding hydrogens is 287 g/mol. The van der Waals surface area contributed by atoms with Gasteiger partial charge in [0.2, 0.25) is 0 Å². The predicted octanol–water partition coefficient (Wildman–Crippen LogP) is 2.92. The van der Waals surface area contributed by atoms with Crippen molar-refractivity contribution in [2.24, 2.45) is 0 Å². The molecule has 1 N–H and O–H groups in total. The van der Waals surface area contributed by atoms with Crippen molar-refractivity contribution < 1.29 is 4.39 Å². The molecule has 0 aliphatic carbocycles. The van der Waals surface area contributed by atoms with Crippen LogP contribution >= 0.6 is 15.9 Å². The van der Waals surface area contributed by atoms with E-state index in [0.717, 1.165) is 11.1 Å². The Balaban J connectivity index is 2.38. The number of nitrogens with zero attached hydrogens (tertiary/aromatic N) is 3. The van der Waals surface area contributed by atoms with Crippen molar-refractivity contribution in [3.63, 3.8) is 0 Å². The number of hydrogen-bond donors (Lipinski definition) is 1. The van der Waals surface area contributed by atoms with Crippen LogP contribution in [0.4, 0.5) is 4.39 Å². The molecule has 0 saturated heterocycles.